The van der Waals surface area contributed by atoms with E-state index in [9.17, 15) is 8.78 Å². The Kier molecular flexibility index (Phi) is 4.85. The van der Waals surface area contributed by atoms with E-state index in [4.69, 9.17) is 5.26 Å². The number of hydrogen-bond acceptors (Lipinski definition) is 2. The summed E-state index contributed by atoms with van der Waals surface area (Å²) in [6, 6.07) is 14.9. The predicted molar refractivity (Wildman–Crippen MR) is 93.7 cm³/mol. The molecule has 2 nitrogen and oxygen atoms in total. The van der Waals surface area contributed by atoms with Gasteiger partial charge in [-0.3, -0.25) is 4.98 Å². The molecule has 0 amide bonds. The highest BCUT2D eigenvalue weighted by atomic mass is 19.1. The van der Waals surface area contributed by atoms with E-state index in [0.717, 1.165) is 18.4 Å². The summed E-state index contributed by atoms with van der Waals surface area (Å²) < 4.78 is 28.0. The van der Waals surface area contributed by atoms with Crippen LogP contribution >= 0.6 is 0 Å². The van der Waals surface area contributed by atoms with Gasteiger partial charge in [0.2, 0.25) is 0 Å². The van der Waals surface area contributed by atoms with Gasteiger partial charge in [-0.2, -0.15) is 5.26 Å². The van der Waals surface area contributed by atoms with Gasteiger partial charge < -0.3 is 0 Å². The van der Waals surface area contributed by atoms with Gasteiger partial charge in [0.05, 0.1) is 11.3 Å². The molecule has 2 aromatic carbocycles. The lowest BCUT2D eigenvalue weighted by molar-refractivity contribution is 0.624. The monoisotopic (exact) mass is 334 g/mol. The Morgan fingerprint density at radius 3 is 2.36 bits per heavy atom. The molecule has 0 saturated heterocycles. The number of aryl methyl sites for hydroxylation is 1. The molecule has 0 radical (unpaired) electrons. The van der Waals surface area contributed by atoms with E-state index < -0.39 is 5.82 Å². The van der Waals surface area contributed by atoms with E-state index in [1.807, 2.05) is 6.07 Å². The van der Waals surface area contributed by atoms with E-state index in [1.165, 1.54) is 12.1 Å². The van der Waals surface area contributed by atoms with Gasteiger partial charge in [0.1, 0.15) is 17.7 Å². The molecule has 4 heteroatoms. The molecule has 1 heterocycles. The van der Waals surface area contributed by atoms with Crippen LogP contribution in [0.5, 0.6) is 0 Å². The first-order valence-corrected chi connectivity index (χ1v) is 8.07. The van der Waals surface area contributed by atoms with Crippen molar-refractivity contribution in [2.45, 2.75) is 19.8 Å². The number of rotatable bonds is 4. The Balaban J connectivity index is 1.90. The fraction of sp³-hybridized carbons (Fsp3) is 0.143. The van der Waals surface area contributed by atoms with Gasteiger partial charge >= 0.3 is 0 Å². The molecule has 0 atom stereocenters. The minimum atomic E-state index is -0.580. The molecule has 0 bridgehead atoms. The van der Waals surface area contributed by atoms with Gasteiger partial charge in [-0.15, -0.1) is 0 Å². The minimum Gasteiger partial charge on any atom is -0.256 e. The lowest BCUT2D eigenvalue weighted by Gasteiger charge is -2.07. The summed E-state index contributed by atoms with van der Waals surface area (Å²) in [5, 5.41) is 8.78. The fourth-order valence-corrected chi connectivity index (χ4v) is 2.73. The molecule has 0 aliphatic rings. The van der Waals surface area contributed by atoms with Gasteiger partial charge in [-0.05, 0) is 36.2 Å². The fourth-order valence-electron chi connectivity index (χ4n) is 2.73. The number of benzene rings is 2. The van der Waals surface area contributed by atoms with Crippen LogP contribution in [0.2, 0.25) is 0 Å². The summed E-state index contributed by atoms with van der Waals surface area (Å²) in [6.07, 6.45) is 3.39. The average Bonchev–Trinajstić information content (AvgIpc) is 2.62. The Labute approximate surface area is 145 Å². The zero-order valence-corrected chi connectivity index (χ0v) is 13.8. The van der Waals surface area contributed by atoms with Gasteiger partial charge in [-0.25, -0.2) is 8.78 Å². The van der Waals surface area contributed by atoms with Crippen molar-refractivity contribution in [3.05, 3.63) is 77.5 Å². The maximum atomic E-state index is 14.3. The first-order valence-electron chi connectivity index (χ1n) is 8.07. The molecule has 0 aliphatic heterocycles. The molecule has 0 aliphatic carbocycles. The third-order valence-corrected chi connectivity index (χ3v) is 4.03. The number of nitrogens with zero attached hydrogens (tertiary/aromatic N) is 2. The van der Waals surface area contributed by atoms with Gasteiger partial charge in [0.25, 0.3) is 0 Å². The van der Waals surface area contributed by atoms with Crippen LogP contribution in [0.3, 0.4) is 0 Å². The summed E-state index contributed by atoms with van der Waals surface area (Å²) in [6.45, 7) is 2.06. The largest absolute Gasteiger partial charge is 0.256 e. The number of pyridine rings is 1. The van der Waals surface area contributed by atoms with Crippen molar-refractivity contribution < 1.29 is 8.78 Å². The van der Waals surface area contributed by atoms with E-state index in [0.29, 0.717) is 22.4 Å². The van der Waals surface area contributed by atoms with Crippen LogP contribution in [0.1, 0.15) is 24.5 Å². The Morgan fingerprint density at radius 2 is 1.76 bits per heavy atom. The van der Waals surface area contributed by atoms with E-state index in [2.05, 4.69) is 11.9 Å². The predicted octanol–water partition coefficient (Wildman–Crippen LogP) is 5.52. The second kappa shape index (κ2) is 7.23. The number of halogens is 2. The second-order valence-electron chi connectivity index (χ2n) is 5.80. The zero-order chi connectivity index (χ0) is 17.8. The summed E-state index contributed by atoms with van der Waals surface area (Å²) in [4.78, 5) is 4.31. The van der Waals surface area contributed by atoms with Crippen LogP contribution in [0.4, 0.5) is 8.78 Å². The summed E-state index contributed by atoms with van der Waals surface area (Å²) >= 11 is 0. The topological polar surface area (TPSA) is 36.7 Å². The third-order valence-electron chi connectivity index (χ3n) is 4.03. The highest BCUT2D eigenvalue weighted by Crippen LogP contribution is 2.26. The molecule has 3 rings (SSSR count). The molecular weight excluding hydrogens is 318 g/mol. The van der Waals surface area contributed by atoms with Crippen LogP contribution in [0, 0.1) is 23.0 Å². The van der Waals surface area contributed by atoms with Gasteiger partial charge in [0.15, 0.2) is 0 Å². The van der Waals surface area contributed by atoms with Crippen molar-refractivity contribution in [2.75, 3.05) is 0 Å². The molecule has 25 heavy (non-hydrogen) atoms. The van der Waals surface area contributed by atoms with Crippen molar-refractivity contribution in [2.24, 2.45) is 0 Å². The first kappa shape index (κ1) is 16.8. The quantitative estimate of drug-likeness (QED) is 0.630. The third kappa shape index (κ3) is 3.56. The molecular formula is C21H16F2N2. The number of hydrogen-bond donors (Lipinski definition) is 0. The van der Waals surface area contributed by atoms with Crippen molar-refractivity contribution in [1.29, 1.82) is 5.26 Å². The van der Waals surface area contributed by atoms with Crippen LogP contribution in [0.25, 0.3) is 22.4 Å². The molecule has 3 aromatic rings. The van der Waals surface area contributed by atoms with E-state index in [-0.39, 0.29) is 11.4 Å². The molecule has 0 fully saturated rings. The number of nitriles is 1. The van der Waals surface area contributed by atoms with Crippen molar-refractivity contribution >= 4 is 0 Å². The maximum absolute atomic E-state index is 14.3. The SMILES string of the molecule is CCCc1ccc(-c2ccc(-c3ccc(C#N)c(F)c3)nc2)c(F)c1. The van der Waals surface area contributed by atoms with Crippen LogP contribution in [-0.4, -0.2) is 4.98 Å². The lowest BCUT2D eigenvalue weighted by Crippen LogP contribution is -1.91. The summed E-state index contributed by atoms with van der Waals surface area (Å²) in [7, 11) is 0. The van der Waals surface area contributed by atoms with Gasteiger partial charge in [-0.1, -0.05) is 37.6 Å². The Morgan fingerprint density at radius 1 is 0.960 bits per heavy atom. The van der Waals surface area contributed by atoms with Crippen molar-refractivity contribution in [3.8, 4) is 28.5 Å². The second-order valence-corrected chi connectivity index (χ2v) is 5.80. The molecule has 0 unspecified atom stereocenters. The first-order chi connectivity index (χ1) is 12.1. The van der Waals surface area contributed by atoms with Crippen molar-refractivity contribution in [3.63, 3.8) is 0 Å². The molecule has 124 valence electrons. The normalized spacial score (nSPS) is 10.5. The molecule has 1 aromatic heterocycles. The maximum Gasteiger partial charge on any atom is 0.141 e. The zero-order valence-electron chi connectivity index (χ0n) is 13.8. The van der Waals surface area contributed by atoms with E-state index >= 15 is 0 Å². The number of aromatic nitrogens is 1. The summed E-state index contributed by atoms with van der Waals surface area (Å²) in [5.74, 6) is -0.853. The Hall–Kier alpha value is -3.06. The molecule has 0 saturated carbocycles. The smallest absolute Gasteiger partial charge is 0.141 e. The molecule has 0 spiro atoms. The van der Waals surface area contributed by atoms with Crippen LogP contribution in [-0.2, 0) is 6.42 Å². The highest BCUT2D eigenvalue weighted by molar-refractivity contribution is 5.68. The van der Waals surface area contributed by atoms with E-state index in [1.54, 1.807) is 42.6 Å². The average molecular weight is 334 g/mol. The highest BCUT2D eigenvalue weighted by Gasteiger charge is 2.09. The summed E-state index contributed by atoms with van der Waals surface area (Å²) in [5.41, 5.74) is 3.26. The standard InChI is InChI=1S/C21H16F2N2/c1-2-3-14-4-8-18(20(23)10-14)17-7-9-21(25-13-17)15-5-6-16(12-24)19(22)11-15/h4-11,13H,2-3H2,1H3. The minimum absolute atomic E-state index is 0.00499. The van der Waals surface area contributed by atoms with Gasteiger partial charge in [0, 0.05) is 22.9 Å². The van der Waals surface area contributed by atoms with Crippen LogP contribution in [0.15, 0.2) is 54.7 Å². The van der Waals surface area contributed by atoms with Crippen molar-refractivity contribution in [1.82, 2.24) is 4.98 Å². The van der Waals surface area contributed by atoms with Crippen LogP contribution < -0.4 is 0 Å². The molecule has 0 N–H and O–H groups in total. The Bertz CT molecular complexity index is 941. The lowest BCUT2D eigenvalue weighted by atomic mass is 10.0.